The maximum atomic E-state index is 12.9. The molecule has 83 heavy (non-hydrogen) atoms. The monoisotopic (exact) mass is 1160 g/mol. The van der Waals surface area contributed by atoms with E-state index in [9.17, 15) is 14.4 Å². The maximum Gasteiger partial charge on any atom is 0.306 e. The summed E-state index contributed by atoms with van der Waals surface area (Å²) in [5.41, 5.74) is 0. The molecule has 0 heterocycles. The van der Waals surface area contributed by atoms with Gasteiger partial charge in [-0.05, 0) is 89.9 Å². The van der Waals surface area contributed by atoms with Crippen molar-refractivity contribution in [1.29, 1.82) is 0 Å². The fourth-order valence-corrected chi connectivity index (χ4v) is 10.8. The molecule has 0 rings (SSSR count). The van der Waals surface area contributed by atoms with E-state index in [1.54, 1.807) is 0 Å². The molecule has 0 aliphatic heterocycles. The summed E-state index contributed by atoms with van der Waals surface area (Å²) in [4.78, 5) is 38.4. The Balaban J connectivity index is 4.20. The van der Waals surface area contributed by atoms with Crippen molar-refractivity contribution in [2.45, 2.75) is 386 Å². The van der Waals surface area contributed by atoms with Crippen LogP contribution < -0.4 is 0 Å². The molecule has 6 heteroatoms. The van der Waals surface area contributed by atoms with E-state index in [1.807, 2.05) is 0 Å². The smallest absolute Gasteiger partial charge is 0.306 e. The van der Waals surface area contributed by atoms with Crippen LogP contribution in [0.5, 0.6) is 0 Å². The molecule has 0 saturated carbocycles. The third-order valence-corrected chi connectivity index (χ3v) is 16.2. The number of carbonyl (C=O) groups is 3. The standard InChI is InChI=1S/C77H138O6/c1-4-7-10-13-16-19-22-25-28-30-32-33-34-35-36-37-38-39-40-41-42-43-44-46-47-49-52-55-58-61-64-67-70-76(79)82-73-74(72-81-75(78)69-66-63-60-57-54-51-27-24-21-18-15-12-9-6-3)83-77(80)71-68-65-62-59-56-53-50-48-45-31-29-26-23-20-17-14-11-8-5-2/h8,11,17,20,24,26-27,29,45,48,53,56,74H,4-7,9-10,12-16,18-19,21-23,25,28,30-44,46-47,49-52,54-55,57-73H2,1-3H3/b11-8-,20-17-,27-24-,29-26-,48-45-,56-53-. The van der Waals surface area contributed by atoms with E-state index in [1.165, 1.54) is 238 Å². The Bertz CT molecular complexity index is 1520. The van der Waals surface area contributed by atoms with E-state index in [0.29, 0.717) is 19.3 Å². The highest BCUT2D eigenvalue weighted by Crippen LogP contribution is 2.18. The number of hydrogen-bond acceptors (Lipinski definition) is 6. The van der Waals surface area contributed by atoms with Gasteiger partial charge in [0.05, 0.1) is 0 Å². The van der Waals surface area contributed by atoms with Crippen LogP contribution in [-0.4, -0.2) is 37.2 Å². The SMILES string of the molecule is CC/C=C\C/C=C\C/C=C\C/C=C\C/C=C\CCCCCC(=O)OC(COC(=O)CCCCCCC/C=C\CCCCCCC)COC(=O)CCCCCCCCCCCCCCCCCCCCCCCCCCCCCCCCCC. The predicted molar refractivity (Wildman–Crippen MR) is 362 cm³/mol. The van der Waals surface area contributed by atoms with Gasteiger partial charge in [0.2, 0.25) is 0 Å². The molecule has 0 radical (unpaired) electrons. The van der Waals surface area contributed by atoms with E-state index >= 15 is 0 Å². The highest BCUT2D eigenvalue weighted by Gasteiger charge is 2.19. The van der Waals surface area contributed by atoms with Crippen molar-refractivity contribution >= 4 is 17.9 Å². The first-order chi connectivity index (χ1) is 41.0. The van der Waals surface area contributed by atoms with Gasteiger partial charge < -0.3 is 14.2 Å². The second-order valence-electron chi connectivity index (χ2n) is 24.5. The summed E-state index contributed by atoms with van der Waals surface area (Å²) in [6, 6.07) is 0. The molecule has 0 fully saturated rings. The lowest BCUT2D eigenvalue weighted by atomic mass is 10.0. The minimum absolute atomic E-state index is 0.0884. The fourth-order valence-electron chi connectivity index (χ4n) is 10.8. The third-order valence-electron chi connectivity index (χ3n) is 16.2. The van der Waals surface area contributed by atoms with Crippen LogP contribution in [0.15, 0.2) is 72.9 Å². The van der Waals surface area contributed by atoms with Crippen LogP contribution in [-0.2, 0) is 28.6 Å². The van der Waals surface area contributed by atoms with Crippen LogP contribution in [0.25, 0.3) is 0 Å². The lowest BCUT2D eigenvalue weighted by molar-refractivity contribution is -0.167. The van der Waals surface area contributed by atoms with Crippen LogP contribution in [0.2, 0.25) is 0 Å². The van der Waals surface area contributed by atoms with E-state index in [2.05, 4.69) is 93.7 Å². The van der Waals surface area contributed by atoms with Crippen LogP contribution in [0.4, 0.5) is 0 Å². The average molecular weight is 1160 g/mol. The minimum atomic E-state index is -0.797. The molecule has 0 aliphatic carbocycles. The molecule has 0 aromatic heterocycles. The molecule has 0 spiro atoms. The molecule has 482 valence electrons. The van der Waals surface area contributed by atoms with Gasteiger partial charge in [0.25, 0.3) is 0 Å². The van der Waals surface area contributed by atoms with Crippen molar-refractivity contribution in [3.05, 3.63) is 72.9 Å². The van der Waals surface area contributed by atoms with Crippen molar-refractivity contribution < 1.29 is 28.6 Å². The molecular formula is C77H138O6. The Kier molecular flexibility index (Phi) is 68.6. The van der Waals surface area contributed by atoms with Crippen LogP contribution in [0, 0.1) is 0 Å². The molecule has 0 bridgehead atoms. The number of rotatable bonds is 67. The Morgan fingerprint density at radius 2 is 0.470 bits per heavy atom. The number of allylic oxidation sites excluding steroid dienone is 12. The molecule has 0 aliphatic rings. The molecule has 1 unspecified atom stereocenters. The molecule has 0 amide bonds. The zero-order valence-electron chi connectivity index (χ0n) is 55.5. The summed E-state index contributed by atoms with van der Waals surface area (Å²) < 4.78 is 16.9. The van der Waals surface area contributed by atoms with E-state index in [0.717, 1.165) is 103 Å². The quantitative estimate of drug-likeness (QED) is 0.0261. The highest BCUT2D eigenvalue weighted by atomic mass is 16.6. The molecule has 0 aromatic rings. The zero-order chi connectivity index (χ0) is 59.9. The molecule has 0 saturated heterocycles. The molecular weight excluding hydrogens is 1020 g/mol. The van der Waals surface area contributed by atoms with Crippen molar-refractivity contribution in [2.75, 3.05) is 13.2 Å². The van der Waals surface area contributed by atoms with Crippen molar-refractivity contribution in [3.63, 3.8) is 0 Å². The van der Waals surface area contributed by atoms with Gasteiger partial charge in [0.15, 0.2) is 6.10 Å². The second-order valence-corrected chi connectivity index (χ2v) is 24.5. The fraction of sp³-hybridized carbons (Fsp3) is 0.805. The molecule has 0 N–H and O–H groups in total. The van der Waals surface area contributed by atoms with E-state index in [4.69, 9.17) is 14.2 Å². The van der Waals surface area contributed by atoms with Gasteiger partial charge in [-0.25, -0.2) is 0 Å². The lowest BCUT2D eigenvalue weighted by Gasteiger charge is -2.18. The van der Waals surface area contributed by atoms with Crippen LogP contribution in [0.1, 0.15) is 380 Å². The highest BCUT2D eigenvalue weighted by molar-refractivity contribution is 5.71. The number of carbonyl (C=O) groups excluding carboxylic acids is 3. The lowest BCUT2D eigenvalue weighted by Crippen LogP contribution is -2.30. The number of ether oxygens (including phenoxy) is 3. The number of hydrogen-bond donors (Lipinski definition) is 0. The van der Waals surface area contributed by atoms with Crippen LogP contribution in [0.3, 0.4) is 0 Å². The Morgan fingerprint density at radius 1 is 0.253 bits per heavy atom. The minimum Gasteiger partial charge on any atom is -0.462 e. The van der Waals surface area contributed by atoms with Gasteiger partial charge in [-0.1, -0.05) is 344 Å². The van der Waals surface area contributed by atoms with Gasteiger partial charge in [0.1, 0.15) is 13.2 Å². The Morgan fingerprint density at radius 3 is 0.759 bits per heavy atom. The number of esters is 3. The van der Waals surface area contributed by atoms with Crippen LogP contribution >= 0.6 is 0 Å². The number of unbranched alkanes of at least 4 members (excludes halogenated alkanes) is 44. The average Bonchev–Trinajstić information content (AvgIpc) is 3.49. The van der Waals surface area contributed by atoms with Gasteiger partial charge in [-0.15, -0.1) is 0 Å². The largest absolute Gasteiger partial charge is 0.462 e. The predicted octanol–water partition coefficient (Wildman–Crippen LogP) is 25.2. The van der Waals surface area contributed by atoms with Crippen molar-refractivity contribution in [3.8, 4) is 0 Å². The summed E-state index contributed by atoms with van der Waals surface area (Å²) in [6.07, 6.45) is 93.9. The van der Waals surface area contributed by atoms with Gasteiger partial charge in [-0.3, -0.25) is 14.4 Å². The normalized spacial score (nSPS) is 12.5. The van der Waals surface area contributed by atoms with Gasteiger partial charge >= 0.3 is 17.9 Å². The first-order valence-corrected chi connectivity index (χ1v) is 36.4. The first kappa shape index (κ1) is 79.8. The Hall–Kier alpha value is -3.15. The Labute approximate surface area is 516 Å². The molecule has 6 nitrogen and oxygen atoms in total. The summed E-state index contributed by atoms with van der Waals surface area (Å²) >= 11 is 0. The molecule has 1 atom stereocenters. The van der Waals surface area contributed by atoms with Crippen molar-refractivity contribution in [1.82, 2.24) is 0 Å². The summed E-state index contributed by atoms with van der Waals surface area (Å²) in [7, 11) is 0. The molecule has 0 aromatic carbocycles. The summed E-state index contributed by atoms with van der Waals surface area (Å²) in [5.74, 6) is -0.910. The summed E-state index contributed by atoms with van der Waals surface area (Å²) in [6.45, 7) is 6.54. The van der Waals surface area contributed by atoms with Crippen molar-refractivity contribution in [2.24, 2.45) is 0 Å². The zero-order valence-corrected chi connectivity index (χ0v) is 55.5. The van der Waals surface area contributed by atoms with Gasteiger partial charge in [-0.2, -0.15) is 0 Å². The topological polar surface area (TPSA) is 78.9 Å². The first-order valence-electron chi connectivity index (χ1n) is 36.4. The third kappa shape index (κ3) is 69.5. The summed E-state index contributed by atoms with van der Waals surface area (Å²) in [5, 5.41) is 0. The van der Waals surface area contributed by atoms with Gasteiger partial charge in [0, 0.05) is 19.3 Å². The second kappa shape index (κ2) is 71.3. The van der Waals surface area contributed by atoms with E-state index in [-0.39, 0.29) is 31.1 Å². The van der Waals surface area contributed by atoms with E-state index < -0.39 is 6.10 Å². The maximum absolute atomic E-state index is 12.9.